The number of nitrogens with two attached hydrogens (primary N) is 1. The van der Waals surface area contributed by atoms with Crippen molar-refractivity contribution in [2.24, 2.45) is 5.73 Å². The largest absolute Gasteiger partial charge is 0.475 e. The van der Waals surface area contributed by atoms with E-state index in [0.717, 1.165) is 12.1 Å². The standard InChI is InChI=1S/C12H20N4O/c1-16-7-3-2-4-11(16)9-17-12-10(8-13)5-6-14-15-12/h5-6,11H,2-4,7-9,13H2,1H3. The summed E-state index contributed by atoms with van der Waals surface area (Å²) in [6.07, 6.45) is 5.39. The molecule has 1 aromatic heterocycles. The molecule has 0 aliphatic carbocycles. The molecule has 0 amide bonds. The summed E-state index contributed by atoms with van der Waals surface area (Å²) in [5.41, 5.74) is 6.54. The lowest BCUT2D eigenvalue weighted by Gasteiger charge is -2.32. The average molecular weight is 236 g/mol. The van der Waals surface area contributed by atoms with E-state index < -0.39 is 0 Å². The van der Waals surface area contributed by atoms with E-state index in [2.05, 4.69) is 22.1 Å². The fraction of sp³-hybridized carbons (Fsp3) is 0.667. The average Bonchev–Trinajstić information content (AvgIpc) is 2.38. The fourth-order valence-electron chi connectivity index (χ4n) is 2.15. The van der Waals surface area contributed by atoms with Gasteiger partial charge in [0, 0.05) is 18.2 Å². The topological polar surface area (TPSA) is 64.3 Å². The molecule has 1 unspecified atom stereocenters. The fourth-order valence-corrected chi connectivity index (χ4v) is 2.15. The van der Waals surface area contributed by atoms with Crippen molar-refractivity contribution in [1.29, 1.82) is 0 Å². The summed E-state index contributed by atoms with van der Waals surface area (Å²) in [7, 11) is 2.15. The smallest absolute Gasteiger partial charge is 0.237 e. The molecule has 17 heavy (non-hydrogen) atoms. The molecule has 0 bridgehead atoms. The van der Waals surface area contributed by atoms with Gasteiger partial charge >= 0.3 is 0 Å². The molecule has 94 valence electrons. The van der Waals surface area contributed by atoms with Crippen molar-refractivity contribution >= 4 is 0 Å². The first kappa shape index (κ1) is 12.3. The van der Waals surface area contributed by atoms with Crippen LogP contribution >= 0.6 is 0 Å². The van der Waals surface area contributed by atoms with Crippen LogP contribution in [0.15, 0.2) is 12.3 Å². The molecule has 0 saturated carbocycles. The Morgan fingerprint density at radius 2 is 2.41 bits per heavy atom. The van der Waals surface area contributed by atoms with Crippen LogP contribution in [-0.2, 0) is 6.54 Å². The van der Waals surface area contributed by atoms with E-state index in [4.69, 9.17) is 10.5 Å². The number of rotatable bonds is 4. The monoisotopic (exact) mass is 236 g/mol. The van der Waals surface area contributed by atoms with Crippen LogP contribution in [0.2, 0.25) is 0 Å². The SMILES string of the molecule is CN1CCCCC1COc1nnccc1CN. The highest BCUT2D eigenvalue weighted by atomic mass is 16.5. The molecule has 0 aromatic carbocycles. The van der Waals surface area contributed by atoms with Crippen LogP contribution in [0.25, 0.3) is 0 Å². The highest BCUT2D eigenvalue weighted by Gasteiger charge is 2.19. The van der Waals surface area contributed by atoms with Crippen LogP contribution in [0.1, 0.15) is 24.8 Å². The Bertz CT molecular complexity index is 358. The minimum atomic E-state index is 0.436. The quantitative estimate of drug-likeness (QED) is 0.837. The maximum Gasteiger partial charge on any atom is 0.237 e. The molecule has 1 aliphatic heterocycles. The summed E-state index contributed by atoms with van der Waals surface area (Å²) in [6.45, 7) is 2.26. The summed E-state index contributed by atoms with van der Waals surface area (Å²) in [5.74, 6) is 0.578. The molecule has 0 radical (unpaired) electrons. The lowest BCUT2D eigenvalue weighted by molar-refractivity contribution is 0.121. The first-order valence-electron chi connectivity index (χ1n) is 6.15. The highest BCUT2D eigenvalue weighted by molar-refractivity contribution is 5.22. The van der Waals surface area contributed by atoms with Gasteiger partial charge in [-0.2, -0.15) is 5.10 Å². The van der Waals surface area contributed by atoms with Gasteiger partial charge in [0.05, 0.1) is 6.20 Å². The van der Waals surface area contributed by atoms with Gasteiger partial charge in [0.15, 0.2) is 0 Å². The predicted octanol–water partition coefficient (Wildman–Crippen LogP) is 0.798. The summed E-state index contributed by atoms with van der Waals surface area (Å²) >= 11 is 0. The molecule has 2 N–H and O–H groups in total. The third-order valence-corrected chi connectivity index (χ3v) is 3.32. The van der Waals surface area contributed by atoms with Crippen molar-refractivity contribution in [3.63, 3.8) is 0 Å². The molecular formula is C12H20N4O. The van der Waals surface area contributed by atoms with E-state index >= 15 is 0 Å². The number of likely N-dealkylation sites (tertiary alicyclic amines) is 1. The van der Waals surface area contributed by atoms with Crippen LogP contribution in [0.5, 0.6) is 5.88 Å². The number of nitrogens with zero attached hydrogens (tertiary/aromatic N) is 3. The number of aromatic nitrogens is 2. The van der Waals surface area contributed by atoms with Crippen molar-refractivity contribution in [2.75, 3.05) is 20.2 Å². The molecular weight excluding hydrogens is 216 g/mol. The third kappa shape index (κ3) is 3.14. The van der Waals surface area contributed by atoms with Crippen molar-refractivity contribution in [3.8, 4) is 5.88 Å². The summed E-state index contributed by atoms with van der Waals surface area (Å²) in [5, 5.41) is 7.82. The Labute approximate surface area is 102 Å². The molecule has 0 spiro atoms. The molecule has 5 nitrogen and oxygen atoms in total. The lowest BCUT2D eigenvalue weighted by Crippen LogP contribution is -2.40. The van der Waals surface area contributed by atoms with Crippen LogP contribution in [0.3, 0.4) is 0 Å². The van der Waals surface area contributed by atoms with E-state index in [0.29, 0.717) is 25.1 Å². The van der Waals surface area contributed by atoms with Gasteiger partial charge in [-0.25, -0.2) is 0 Å². The van der Waals surface area contributed by atoms with E-state index in [1.807, 2.05) is 6.07 Å². The molecule has 1 fully saturated rings. The molecule has 1 atom stereocenters. The predicted molar refractivity (Wildman–Crippen MR) is 65.7 cm³/mol. The number of likely N-dealkylation sites (N-methyl/N-ethyl adjacent to an activating group) is 1. The Morgan fingerprint density at radius 3 is 3.18 bits per heavy atom. The molecule has 1 saturated heterocycles. The first-order valence-corrected chi connectivity index (χ1v) is 6.15. The second-order valence-electron chi connectivity index (χ2n) is 4.51. The van der Waals surface area contributed by atoms with Crippen LogP contribution in [-0.4, -0.2) is 41.3 Å². The van der Waals surface area contributed by atoms with Crippen LogP contribution in [0.4, 0.5) is 0 Å². The molecule has 5 heteroatoms. The van der Waals surface area contributed by atoms with E-state index in [1.54, 1.807) is 6.20 Å². The summed E-state index contributed by atoms with van der Waals surface area (Å²) in [6, 6.07) is 2.34. The van der Waals surface area contributed by atoms with Crippen molar-refractivity contribution < 1.29 is 4.74 Å². The van der Waals surface area contributed by atoms with E-state index in [9.17, 15) is 0 Å². The van der Waals surface area contributed by atoms with Gasteiger partial charge in [0.2, 0.25) is 5.88 Å². The maximum absolute atomic E-state index is 5.74. The zero-order chi connectivity index (χ0) is 12.1. The third-order valence-electron chi connectivity index (χ3n) is 3.32. The van der Waals surface area contributed by atoms with Gasteiger partial charge in [0.25, 0.3) is 0 Å². The van der Waals surface area contributed by atoms with Gasteiger partial charge in [-0.15, -0.1) is 5.10 Å². The normalized spacial score (nSPS) is 21.4. The van der Waals surface area contributed by atoms with E-state index in [-0.39, 0.29) is 0 Å². The van der Waals surface area contributed by atoms with Crippen LogP contribution in [0, 0.1) is 0 Å². The van der Waals surface area contributed by atoms with Gasteiger partial charge < -0.3 is 15.4 Å². The summed E-state index contributed by atoms with van der Waals surface area (Å²) in [4.78, 5) is 2.35. The zero-order valence-corrected chi connectivity index (χ0v) is 10.3. The van der Waals surface area contributed by atoms with Crippen molar-refractivity contribution in [2.45, 2.75) is 31.8 Å². The van der Waals surface area contributed by atoms with Crippen LogP contribution < -0.4 is 10.5 Å². The number of hydrogen-bond acceptors (Lipinski definition) is 5. The molecule has 2 heterocycles. The van der Waals surface area contributed by atoms with Gasteiger partial charge in [-0.05, 0) is 32.5 Å². The zero-order valence-electron chi connectivity index (χ0n) is 10.3. The van der Waals surface area contributed by atoms with Gasteiger partial charge in [0.1, 0.15) is 6.61 Å². The molecule has 1 aliphatic rings. The Hall–Kier alpha value is -1.20. The van der Waals surface area contributed by atoms with E-state index in [1.165, 1.54) is 19.3 Å². The highest BCUT2D eigenvalue weighted by Crippen LogP contribution is 2.17. The Morgan fingerprint density at radius 1 is 1.53 bits per heavy atom. The second-order valence-corrected chi connectivity index (χ2v) is 4.51. The number of hydrogen-bond donors (Lipinski definition) is 1. The minimum Gasteiger partial charge on any atom is -0.475 e. The molecule has 2 rings (SSSR count). The van der Waals surface area contributed by atoms with Gasteiger partial charge in [-0.3, -0.25) is 0 Å². The second kappa shape index (κ2) is 5.93. The minimum absolute atomic E-state index is 0.436. The number of piperidine rings is 1. The maximum atomic E-state index is 5.74. The van der Waals surface area contributed by atoms with Crippen molar-refractivity contribution in [3.05, 3.63) is 17.8 Å². The molecule has 1 aromatic rings. The number of ether oxygens (including phenoxy) is 1. The van der Waals surface area contributed by atoms with Gasteiger partial charge in [-0.1, -0.05) is 6.42 Å². The Balaban J connectivity index is 1.92. The van der Waals surface area contributed by atoms with Crippen molar-refractivity contribution in [1.82, 2.24) is 15.1 Å². The first-order chi connectivity index (χ1) is 8.31. The Kier molecular flexibility index (Phi) is 4.28. The summed E-state index contributed by atoms with van der Waals surface area (Å²) < 4.78 is 5.74. The lowest BCUT2D eigenvalue weighted by atomic mass is 10.0.